The molecule has 0 spiro atoms. The number of carbonyl (C=O) groups excluding carboxylic acids is 2. The summed E-state index contributed by atoms with van der Waals surface area (Å²) in [5.74, 6) is -0.183. The van der Waals surface area contributed by atoms with Gasteiger partial charge in [-0.15, -0.1) is 0 Å². The van der Waals surface area contributed by atoms with Gasteiger partial charge in [-0.3, -0.25) is 14.5 Å². The summed E-state index contributed by atoms with van der Waals surface area (Å²) >= 11 is 6.31. The molecular weight excluding hydrogens is 424 g/mol. The van der Waals surface area contributed by atoms with Gasteiger partial charge in [0.15, 0.2) is 0 Å². The van der Waals surface area contributed by atoms with E-state index in [1.807, 2.05) is 72.6 Å². The lowest BCUT2D eigenvalue weighted by Gasteiger charge is -2.22. The highest BCUT2D eigenvalue weighted by molar-refractivity contribution is 6.36. The summed E-state index contributed by atoms with van der Waals surface area (Å²) in [7, 11) is 3.37. The Labute approximate surface area is 192 Å². The van der Waals surface area contributed by atoms with Crippen LogP contribution in [0.1, 0.15) is 16.7 Å². The molecule has 0 radical (unpaired) electrons. The van der Waals surface area contributed by atoms with Gasteiger partial charge in [0.05, 0.1) is 19.2 Å². The van der Waals surface area contributed by atoms with Gasteiger partial charge in [0.25, 0.3) is 11.8 Å². The molecular formula is C26H23ClN2O3. The molecule has 1 heterocycles. The Bertz CT molecular complexity index is 1190. The molecule has 0 saturated heterocycles. The number of rotatable bonds is 7. The van der Waals surface area contributed by atoms with Crippen molar-refractivity contribution in [2.24, 2.45) is 0 Å². The molecule has 1 aliphatic rings. The fourth-order valence-electron chi connectivity index (χ4n) is 3.89. The molecule has 0 unspecified atom stereocenters. The van der Waals surface area contributed by atoms with Crippen molar-refractivity contribution in [2.75, 3.05) is 14.2 Å². The second-order valence-electron chi connectivity index (χ2n) is 7.55. The molecule has 0 aromatic heterocycles. The summed E-state index contributed by atoms with van der Waals surface area (Å²) in [5, 5.41) is 0.512. The molecule has 3 aromatic rings. The predicted molar refractivity (Wildman–Crippen MR) is 125 cm³/mol. The first-order valence-corrected chi connectivity index (χ1v) is 10.6. The van der Waals surface area contributed by atoms with E-state index in [-0.39, 0.29) is 18.4 Å². The topological polar surface area (TPSA) is 49.9 Å². The van der Waals surface area contributed by atoms with E-state index < -0.39 is 0 Å². The van der Waals surface area contributed by atoms with Crippen molar-refractivity contribution in [3.05, 3.63) is 106 Å². The number of hydrogen-bond acceptors (Lipinski definition) is 4. The molecule has 1 aliphatic heterocycles. The van der Waals surface area contributed by atoms with E-state index in [2.05, 4.69) is 0 Å². The molecule has 3 aromatic carbocycles. The van der Waals surface area contributed by atoms with E-state index in [4.69, 9.17) is 16.3 Å². The summed E-state index contributed by atoms with van der Waals surface area (Å²) in [5.41, 5.74) is 3.01. The number of methoxy groups -OCH3 is 1. The lowest BCUT2D eigenvalue weighted by Crippen LogP contribution is -2.33. The van der Waals surface area contributed by atoms with Crippen LogP contribution in [0.15, 0.2) is 84.6 Å². The molecule has 32 heavy (non-hydrogen) atoms. The van der Waals surface area contributed by atoms with Gasteiger partial charge < -0.3 is 9.64 Å². The average Bonchev–Trinajstić information content (AvgIpc) is 3.05. The van der Waals surface area contributed by atoms with Crippen LogP contribution < -0.4 is 4.74 Å². The third-order valence-corrected chi connectivity index (χ3v) is 5.82. The van der Waals surface area contributed by atoms with E-state index in [0.29, 0.717) is 39.7 Å². The van der Waals surface area contributed by atoms with Gasteiger partial charge >= 0.3 is 0 Å². The molecule has 0 fully saturated rings. The van der Waals surface area contributed by atoms with Crippen molar-refractivity contribution in [1.29, 1.82) is 0 Å². The summed E-state index contributed by atoms with van der Waals surface area (Å²) in [6.45, 7) is 0.576. The minimum Gasteiger partial charge on any atom is -0.496 e. The van der Waals surface area contributed by atoms with Crippen molar-refractivity contribution in [2.45, 2.75) is 13.1 Å². The van der Waals surface area contributed by atoms with Crippen LogP contribution in [0.5, 0.6) is 5.75 Å². The number of para-hydroxylation sites is 1. The molecule has 6 heteroatoms. The first-order valence-electron chi connectivity index (χ1n) is 10.2. The molecule has 0 saturated carbocycles. The molecule has 0 aliphatic carbocycles. The summed E-state index contributed by atoms with van der Waals surface area (Å²) < 4.78 is 5.50. The quantitative estimate of drug-likeness (QED) is 0.491. The normalized spacial score (nSPS) is 13.7. The number of carbonyl (C=O) groups is 2. The maximum absolute atomic E-state index is 13.6. The van der Waals surface area contributed by atoms with E-state index in [1.165, 1.54) is 4.90 Å². The Balaban J connectivity index is 1.78. The zero-order valence-electron chi connectivity index (χ0n) is 17.9. The fourth-order valence-corrected chi connectivity index (χ4v) is 4.08. The van der Waals surface area contributed by atoms with Gasteiger partial charge in [0, 0.05) is 24.2 Å². The molecule has 0 N–H and O–H groups in total. The molecule has 2 amide bonds. The zero-order valence-corrected chi connectivity index (χ0v) is 18.7. The number of hydrogen-bond donors (Lipinski definition) is 0. The van der Waals surface area contributed by atoms with Gasteiger partial charge in [-0.2, -0.15) is 0 Å². The zero-order chi connectivity index (χ0) is 22.7. The highest BCUT2D eigenvalue weighted by Gasteiger charge is 2.41. The maximum Gasteiger partial charge on any atom is 0.278 e. The molecule has 5 nitrogen and oxygen atoms in total. The fraction of sp³-hybridized carbons (Fsp3) is 0.154. The highest BCUT2D eigenvalue weighted by Crippen LogP contribution is 2.37. The number of amides is 2. The van der Waals surface area contributed by atoms with Gasteiger partial charge in [-0.05, 0) is 23.3 Å². The van der Waals surface area contributed by atoms with Gasteiger partial charge in [0.2, 0.25) is 0 Å². The summed E-state index contributed by atoms with van der Waals surface area (Å²) in [6.07, 6.45) is 0. The monoisotopic (exact) mass is 446 g/mol. The van der Waals surface area contributed by atoms with Gasteiger partial charge in [-0.25, -0.2) is 0 Å². The summed E-state index contributed by atoms with van der Waals surface area (Å²) in [4.78, 5) is 30.2. The predicted octanol–water partition coefficient (Wildman–Crippen LogP) is 4.76. The van der Waals surface area contributed by atoms with E-state index in [0.717, 1.165) is 5.56 Å². The van der Waals surface area contributed by atoms with Crippen LogP contribution in [0.2, 0.25) is 5.02 Å². The number of benzene rings is 3. The maximum atomic E-state index is 13.6. The minimum atomic E-state index is -0.366. The van der Waals surface area contributed by atoms with Crippen LogP contribution in [0, 0.1) is 0 Å². The average molecular weight is 447 g/mol. The minimum absolute atomic E-state index is 0.0959. The van der Waals surface area contributed by atoms with Gasteiger partial charge in [-0.1, -0.05) is 78.3 Å². The standard InChI is InChI=1S/C26H23ClN2O3/c1-28(16-18-10-4-3-5-11-18)24-23(20-13-7-9-15-22(20)32-2)25(30)29(26(24)31)17-19-12-6-8-14-21(19)27/h3-15H,16-17H2,1-2H3. The van der Waals surface area contributed by atoms with Crippen LogP contribution >= 0.6 is 11.6 Å². The highest BCUT2D eigenvalue weighted by atomic mass is 35.5. The molecule has 162 valence electrons. The van der Waals surface area contributed by atoms with Crippen molar-refractivity contribution in [3.63, 3.8) is 0 Å². The molecule has 4 rings (SSSR count). The van der Waals surface area contributed by atoms with E-state index >= 15 is 0 Å². The SMILES string of the molecule is COc1ccccc1C1=C(N(C)Cc2ccccc2)C(=O)N(Cc2ccccc2Cl)C1=O. The smallest absolute Gasteiger partial charge is 0.278 e. The third-order valence-electron chi connectivity index (χ3n) is 5.45. The lowest BCUT2D eigenvalue weighted by molar-refractivity contribution is -0.138. The number of likely N-dealkylation sites (N-methyl/N-ethyl adjacent to an activating group) is 1. The first-order chi connectivity index (χ1) is 15.5. The number of nitrogens with zero attached hydrogens (tertiary/aromatic N) is 2. The van der Waals surface area contributed by atoms with Crippen LogP contribution in [0.25, 0.3) is 5.57 Å². The largest absolute Gasteiger partial charge is 0.496 e. The van der Waals surface area contributed by atoms with Crippen LogP contribution in [0.3, 0.4) is 0 Å². The Hall–Kier alpha value is -3.57. The molecule has 0 atom stereocenters. The van der Waals surface area contributed by atoms with Gasteiger partial charge in [0.1, 0.15) is 11.4 Å². The van der Waals surface area contributed by atoms with E-state index in [1.54, 1.807) is 25.3 Å². The summed E-state index contributed by atoms with van der Waals surface area (Å²) in [6, 6.07) is 24.3. The van der Waals surface area contributed by atoms with Crippen LogP contribution in [0.4, 0.5) is 0 Å². The van der Waals surface area contributed by atoms with Crippen molar-refractivity contribution < 1.29 is 14.3 Å². The number of ether oxygens (including phenoxy) is 1. The number of imide groups is 1. The Morgan fingerprint density at radius 1 is 0.875 bits per heavy atom. The number of halogens is 1. The van der Waals surface area contributed by atoms with Crippen molar-refractivity contribution >= 4 is 29.0 Å². The lowest BCUT2D eigenvalue weighted by atomic mass is 10.0. The van der Waals surface area contributed by atoms with Crippen LogP contribution in [-0.2, 0) is 22.7 Å². The van der Waals surface area contributed by atoms with Crippen molar-refractivity contribution in [1.82, 2.24) is 9.80 Å². The van der Waals surface area contributed by atoms with Crippen LogP contribution in [-0.4, -0.2) is 35.8 Å². The Kier molecular flexibility index (Phi) is 6.28. The Morgan fingerprint density at radius 3 is 2.25 bits per heavy atom. The van der Waals surface area contributed by atoms with E-state index in [9.17, 15) is 9.59 Å². The molecule has 0 bridgehead atoms. The van der Waals surface area contributed by atoms with Crippen molar-refractivity contribution in [3.8, 4) is 5.75 Å². The first kappa shape index (κ1) is 21.7. The second kappa shape index (κ2) is 9.28. The Morgan fingerprint density at radius 2 is 1.53 bits per heavy atom. The third kappa shape index (κ3) is 4.12. The second-order valence-corrected chi connectivity index (χ2v) is 7.96.